The molecule has 0 bridgehead atoms. The lowest BCUT2D eigenvalue weighted by molar-refractivity contribution is -0.116. The molecule has 1 aromatic heterocycles. The van der Waals surface area contributed by atoms with Crippen LogP contribution in [0.3, 0.4) is 0 Å². The summed E-state index contributed by atoms with van der Waals surface area (Å²) in [7, 11) is 0. The Bertz CT molecular complexity index is 1300. The molecule has 0 radical (unpaired) electrons. The molecule has 4 aromatic rings. The Morgan fingerprint density at radius 2 is 1.69 bits per heavy atom. The first kappa shape index (κ1) is 24.3. The zero-order valence-corrected chi connectivity index (χ0v) is 20.7. The van der Waals surface area contributed by atoms with Gasteiger partial charge in [0.25, 0.3) is 0 Å². The van der Waals surface area contributed by atoms with Crippen LogP contribution in [-0.4, -0.2) is 28.6 Å². The molecule has 4 rings (SSSR count). The highest BCUT2D eigenvalue weighted by molar-refractivity contribution is 5.91. The van der Waals surface area contributed by atoms with Crippen molar-refractivity contribution in [2.24, 2.45) is 0 Å². The molecule has 0 aliphatic heterocycles. The highest BCUT2D eigenvalue weighted by atomic mass is 16.5. The van der Waals surface area contributed by atoms with Crippen molar-refractivity contribution in [1.82, 2.24) is 14.9 Å². The zero-order chi connectivity index (χ0) is 24.7. The molecule has 35 heavy (non-hydrogen) atoms. The fourth-order valence-electron chi connectivity index (χ4n) is 4.12. The number of carbonyl (C=O) groups is 1. The van der Waals surface area contributed by atoms with E-state index >= 15 is 0 Å². The van der Waals surface area contributed by atoms with Gasteiger partial charge in [-0.1, -0.05) is 81.4 Å². The average Bonchev–Trinajstić information content (AvgIpc) is 3.20. The number of ether oxygens (including phenoxy) is 1. The van der Waals surface area contributed by atoms with E-state index in [9.17, 15) is 4.79 Å². The lowest BCUT2D eigenvalue weighted by Crippen LogP contribution is -2.25. The third kappa shape index (κ3) is 6.38. The standard InChI is InChI=1S/C30H33N3O2/c1-30(2,3)24-13-7-10-16-27(24)35-22-21-33-26-15-9-8-14-25(26)32-28(33)19-20-31-29(34)18-17-23-11-5-4-6-12-23/h4-18H,19-22H2,1-3H3,(H,31,34)/b18-17+. The van der Waals surface area contributed by atoms with Crippen LogP contribution in [0.25, 0.3) is 17.1 Å². The molecule has 3 aromatic carbocycles. The molecule has 0 spiro atoms. The van der Waals surface area contributed by atoms with Crippen LogP contribution in [0.1, 0.15) is 37.7 Å². The van der Waals surface area contributed by atoms with E-state index in [0.29, 0.717) is 26.1 Å². The summed E-state index contributed by atoms with van der Waals surface area (Å²) in [5.41, 5.74) is 4.23. The predicted molar refractivity (Wildman–Crippen MR) is 143 cm³/mol. The molecule has 0 aliphatic rings. The van der Waals surface area contributed by atoms with Crippen molar-refractivity contribution in [3.63, 3.8) is 0 Å². The van der Waals surface area contributed by atoms with E-state index < -0.39 is 0 Å². The maximum atomic E-state index is 12.3. The Hall–Kier alpha value is -3.86. The number of hydrogen-bond acceptors (Lipinski definition) is 3. The molecule has 0 unspecified atom stereocenters. The summed E-state index contributed by atoms with van der Waals surface area (Å²) in [6.45, 7) is 8.30. The van der Waals surface area contributed by atoms with E-state index in [1.54, 1.807) is 6.08 Å². The van der Waals surface area contributed by atoms with Gasteiger partial charge in [0.1, 0.15) is 18.2 Å². The van der Waals surface area contributed by atoms with Gasteiger partial charge < -0.3 is 14.6 Å². The average molecular weight is 468 g/mol. The van der Waals surface area contributed by atoms with Gasteiger partial charge >= 0.3 is 0 Å². The van der Waals surface area contributed by atoms with Crippen LogP contribution in [0.4, 0.5) is 0 Å². The number of nitrogens with zero attached hydrogens (tertiary/aromatic N) is 2. The smallest absolute Gasteiger partial charge is 0.244 e. The third-order valence-corrected chi connectivity index (χ3v) is 5.88. The van der Waals surface area contributed by atoms with Gasteiger partial charge in [-0.3, -0.25) is 4.79 Å². The number of nitrogens with one attached hydrogen (secondary N) is 1. The number of para-hydroxylation sites is 3. The maximum Gasteiger partial charge on any atom is 0.244 e. The summed E-state index contributed by atoms with van der Waals surface area (Å²) < 4.78 is 8.43. The second-order valence-electron chi connectivity index (χ2n) is 9.55. The molecular formula is C30H33N3O2. The van der Waals surface area contributed by atoms with E-state index in [0.717, 1.165) is 28.2 Å². The first-order chi connectivity index (χ1) is 16.9. The van der Waals surface area contributed by atoms with Gasteiger partial charge in [0.15, 0.2) is 0 Å². The maximum absolute atomic E-state index is 12.3. The van der Waals surface area contributed by atoms with Crippen LogP contribution in [0, 0.1) is 0 Å². The minimum Gasteiger partial charge on any atom is -0.491 e. The molecule has 0 saturated carbocycles. The van der Waals surface area contributed by atoms with Crippen molar-refractivity contribution in [3.8, 4) is 5.75 Å². The lowest BCUT2D eigenvalue weighted by atomic mass is 9.86. The van der Waals surface area contributed by atoms with Gasteiger partial charge in [-0.25, -0.2) is 4.98 Å². The first-order valence-electron chi connectivity index (χ1n) is 12.1. The summed E-state index contributed by atoms with van der Waals surface area (Å²) in [5.74, 6) is 1.74. The molecule has 180 valence electrons. The number of benzene rings is 3. The topological polar surface area (TPSA) is 56.1 Å². The molecule has 1 amide bonds. The van der Waals surface area contributed by atoms with E-state index in [-0.39, 0.29) is 11.3 Å². The van der Waals surface area contributed by atoms with E-state index in [1.807, 2.05) is 66.7 Å². The number of fused-ring (bicyclic) bond motifs is 1. The van der Waals surface area contributed by atoms with Crippen LogP contribution in [0.2, 0.25) is 0 Å². The van der Waals surface area contributed by atoms with Crippen LogP contribution in [0.5, 0.6) is 5.75 Å². The van der Waals surface area contributed by atoms with E-state index in [4.69, 9.17) is 9.72 Å². The second kappa shape index (κ2) is 11.0. The van der Waals surface area contributed by atoms with Gasteiger partial charge in [-0.2, -0.15) is 0 Å². The first-order valence-corrected chi connectivity index (χ1v) is 12.1. The fraction of sp³-hybridized carbons (Fsp3) is 0.267. The molecule has 0 atom stereocenters. The van der Waals surface area contributed by atoms with Gasteiger partial charge in [-0.05, 0) is 40.8 Å². The Labute approximate surface area is 207 Å². The van der Waals surface area contributed by atoms with Crippen molar-refractivity contribution < 1.29 is 9.53 Å². The summed E-state index contributed by atoms with van der Waals surface area (Å²) in [6, 6.07) is 26.1. The molecule has 1 heterocycles. The van der Waals surface area contributed by atoms with Crippen molar-refractivity contribution in [1.29, 1.82) is 0 Å². The van der Waals surface area contributed by atoms with E-state index in [1.165, 1.54) is 5.56 Å². The second-order valence-corrected chi connectivity index (χ2v) is 9.55. The largest absolute Gasteiger partial charge is 0.491 e. The van der Waals surface area contributed by atoms with Crippen molar-refractivity contribution in [2.45, 2.75) is 39.2 Å². The quantitative estimate of drug-likeness (QED) is 0.317. The number of hydrogen-bond donors (Lipinski definition) is 1. The molecule has 5 nitrogen and oxygen atoms in total. The molecule has 5 heteroatoms. The summed E-state index contributed by atoms with van der Waals surface area (Å²) in [5, 5.41) is 2.97. The van der Waals surface area contributed by atoms with Crippen LogP contribution in [-0.2, 0) is 23.2 Å². The van der Waals surface area contributed by atoms with Gasteiger partial charge in [-0.15, -0.1) is 0 Å². The zero-order valence-electron chi connectivity index (χ0n) is 20.7. The Kier molecular flexibility index (Phi) is 7.66. The molecular weight excluding hydrogens is 434 g/mol. The van der Waals surface area contributed by atoms with Crippen molar-refractivity contribution >= 4 is 23.0 Å². The van der Waals surface area contributed by atoms with E-state index in [2.05, 4.69) is 48.9 Å². The van der Waals surface area contributed by atoms with Gasteiger partial charge in [0.2, 0.25) is 5.91 Å². The van der Waals surface area contributed by atoms with Crippen LogP contribution >= 0.6 is 0 Å². The number of imidazole rings is 1. The number of rotatable bonds is 9. The summed E-state index contributed by atoms with van der Waals surface area (Å²) >= 11 is 0. The van der Waals surface area contributed by atoms with Crippen molar-refractivity contribution in [2.75, 3.05) is 13.2 Å². The minimum absolute atomic E-state index is 0.0105. The van der Waals surface area contributed by atoms with Gasteiger partial charge in [0.05, 0.1) is 17.6 Å². The highest BCUT2D eigenvalue weighted by Gasteiger charge is 2.18. The molecule has 0 saturated heterocycles. The minimum atomic E-state index is -0.112. The number of amides is 1. The molecule has 1 N–H and O–H groups in total. The highest BCUT2D eigenvalue weighted by Crippen LogP contribution is 2.31. The third-order valence-electron chi connectivity index (χ3n) is 5.88. The Morgan fingerprint density at radius 3 is 2.49 bits per heavy atom. The van der Waals surface area contributed by atoms with Crippen molar-refractivity contribution in [3.05, 3.63) is 102 Å². The summed E-state index contributed by atoms with van der Waals surface area (Å²) in [4.78, 5) is 17.1. The SMILES string of the molecule is CC(C)(C)c1ccccc1OCCn1c(CCNC(=O)/C=C/c2ccccc2)nc2ccccc21. The number of aromatic nitrogens is 2. The number of carbonyl (C=O) groups excluding carboxylic acids is 1. The fourth-order valence-corrected chi connectivity index (χ4v) is 4.12. The normalized spacial score (nSPS) is 11.7. The predicted octanol–water partition coefficient (Wildman–Crippen LogP) is 5.78. The lowest BCUT2D eigenvalue weighted by Gasteiger charge is -2.23. The molecule has 0 aliphatic carbocycles. The van der Waals surface area contributed by atoms with Crippen LogP contribution in [0.15, 0.2) is 84.9 Å². The summed E-state index contributed by atoms with van der Waals surface area (Å²) in [6.07, 6.45) is 4.02. The Morgan fingerprint density at radius 1 is 0.971 bits per heavy atom. The monoisotopic (exact) mass is 467 g/mol. The molecule has 0 fully saturated rings. The van der Waals surface area contributed by atoms with Crippen LogP contribution < -0.4 is 10.1 Å². The van der Waals surface area contributed by atoms with Gasteiger partial charge in [0, 0.05) is 19.0 Å². The Balaban J connectivity index is 1.40.